The molecular formula is C56H35BN2O2S. The molecule has 0 amide bonds. The Bertz CT molecular complexity index is 3520. The van der Waals surface area contributed by atoms with Gasteiger partial charge >= 0.3 is 0 Å². The molecule has 0 fully saturated rings. The number of nitrogens with zero attached hydrogens (tertiary/aromatic N) is 2. The van der Waals surface area contributed by atoms with E-state index in [2.05, 4.69) is 216 Å². The maximum absolute atomic E-state index is 7.10. The highest BCUT2D eigenvalue weighted by molar-refractivity contribution is 7.25. The Hall–Kier alpha value is -7.80. The van der Waals surface area contributed by atoms with Crippen molar-refractivity contribution in [3.8, 4) is 23.0 Å². The van der Waals surface area contributed by atoms with E-state index in [1.807, 2.05) is 17.4 Å². The van der Waals surface area contributed by atoms with Crippen molar-refractivity contribution in [3.05, 3.63) is 212 Å². The van der Waals surface area contributed by atoms with Crippen LogP contribution in [0.2, 0.25) is 0 Å². The van der Waals surface area contributed by atoms with Gasteiger partial charge in [0.1, 0.15) is 23.0 Å². The minimum Gasteiger partial charge on any atom is -0.458 e. The molecule has 6 heteroatoms. The molecule has 0 aliphatic carbocycles. The summed E-state index contributed by atoms with van der Waals surface area (Å²) in [7, 11) is 0. The van der Waals surface area contributed by atoms with E-state index >= 15 is 0 Å². The van der Waals surface area contributed by atoms with Crippen LogP contribution in [-0.4, -0.2) is 6.71 Å². The summed E-state index contributed by atoms with van der Waals surface area (Å²) in [5.41, 5.74) is 9.76. The molecule has 10 aromatic carbocycles. The molecule has 0 N–H and O–H groups in total. The van der Waals surface area contributed by atoms with E-state index in [-0.39, 0.29) is 6.71 Å². The second kappa shape index (κ2) is 13.9. The van der Waals surface area contributed by atoms with Crippen molar-refractivity contribution < 1.29 is 9.47 Å². The number of para-hydroxylation sites is 3. The molecule has 2 aliphatic heterocycles. The summed E-state index contributed by atoms with van der Waals surface area (Å²) in [6.07, 6.45) is 0. The molecular weight excluding hydrogens is 776 g/mol. The molecule has 0 bridgehead atoms. The normalized spacial score (nSPS) is 12.4. The lowest BCUT2D eigenvalue weighted by molar-refractivity contribution is 0.465. The van der Waals surface area contributed by atoms with E-state index in [0.29, 0.717) is 0 Å². The highest BCUT2D eigenvalue weighted by Gasteiger charge is 2.43. The molecule has 0 radical (unpaired) electrons. The number of hydrogen-bond acceptors (Lipinski definition) is 5. The molecule has 4 nitrogen and oxygen atoms in total. The van der Waals surface area contributed by atoms with Crippen LogP contribution in [0.15, 0.2) is 212 Å². The van der Waals surface area contributed by atoms with Crippen LogP contribution in [0.25, 0.3) is 41.7 Å². The second-order valence-corrected chi connectivity index (χ2v) is 17.1. The fourth-order valence-corrected chi connectivity index (χ4v) is 11.0. The predicted octanol–water partition coefficient (Wildman–Crippen LogP) is 14.0. The summed E-state index contributed by atoms with van der Waals surface area (Å²) < 4.78 is 16.7. The van der Waals surface area contributed by atoms with Crippen LogP contribution in [0.4, 0.5) is 34.1 Å². The highest BCUT2D eigenvalue weighted by atomic mass is 32.1. The Morgan fingerprint density at radius 2 is 0.742 bits per heavy atom. The van der Waals surface area contributed by atoms with E-state index < -0.39 is 0 Å². The van der Waals surface area contributed by atoms with Crippen molar-refractivity contribution >= 4 is 110 Å². The van der Waals surface area contributed by atoms with Gasteiger partial charge in [0.15, 0.2) is 0 Å². The zero-order chi connectivity index (χ0) is 40.7. The van der Waals surface area contributed by atoms with Crippen molar-refractivity contribution in [2.24, 2.45) is 0 Å². The molecule has 2 aliphatic rings. The first kappa shape index (κ1) is 35.0. The number of benzene rings is 10. The van der Waals surface area contributed by atoms with Crippen LogP contribution in [0.1, 0.15) is 0 Å². The Morgan fingerprint density at radius 3 is 1.27 bits per heavy atom. The number of thiophene rings is 1. The fraction of sp³-hybridized carbons (Fsp3) is 0. The average Bonchev–Trinajstić information content (AvgIpc) is 3.71. The number of fused-ring (bicyclic) bond motifs is 11. The van der Waals surface area contributed by atoms with Gasteiger partial charge in [-0.25, -0.2) is 0 Å². The number of ether oxygens (including phenoxy) is 2. The first-order valence-electron chi connectivity index (χ1n) is 21.0. The molecule has 290 valence electrons. The smallest absolute Gasteiger partial charge is 0.262 e. The first-order valence-corrected chi connectivity index (χ1v) is 21.8. The van der Waals surface area contributed by atoms with Crippen LogP contribution in [0.3, 0.4) is 0 Å². The topological polar surface area (TPSA) is 24.9 Å². The molecule has 0 saturated heterocycles. The number of hydrogen-bond donors (Lipinski definition) is 0. The Labute approximate surface area is 363 Å². The van der Waals surface area contributed by atoms with E-state index in [1.54, 1.807) is 0 Å². The lowest BCUT2D eigenvalue weighted by Crippen LogP contribution is -2.58. The van der Waals surface area contributed by atoms with Crippen molar-refractivity contribution in [3.63, 3.8) is 0 Å². The maximum Gasteiger partial charge on any atom is 0.262 e. The maximum atomic E-state index is 7.10. The molecule has 0 atom stereocenters. The Morgan fingerprint density at radius 1 is 0.306 bits per heavy atom. The minimum atomic E-state index is -0.160. The molecule has 0 spiro atoms. The third-order valence-electron chi connectivity index (χ3n) is 12.5. The van der Waals surface area contributed by atoms with Gasteiger partial charge < -0.3 is 19.3 Å². The van der Waals surface area contributed by atoms with Crippen LogP contribution < -0.4 is 35.7 Å². The van der Waals surface area contributed by atoms with Crippen molar-refractivity contribution in [1.82, 2.24) is 0 Å². The largest absolute Gasteiger partial charge is 0.458 e. The molecule has 0 unspecified atom stereocenters. The van der Waals surface area contributed by atoms with Gasteiger partial charge in [0.05, 0.1) is 11.4 Å². The zero-order valence-electron chi connectivity index (χ0n) is 33.4. The van der Waals surface area contributed by atoms with E-state index in [0.717, 1.165) is 95.1 Å². The van der Waals surface area contributed by atoms with Gasteiger partial charge in [-0.1, -0.05) is 127 Å². The summed E-state index contributed by atoms with van der Waals surface area (Å²) in [5, 5.41) is 7.10. The second-order valence-electron chi connectivity index (χ2n) is 16.0. The molecule has 11 aromatic rings. The standard InChI is InChI=1S/C56H35BN2O2S/c1-4-17-36(18-5-1)58(37-19-6-2-7-20-37)46-34-50-54(43-26-12-10-23-40(43)46)57-55-44-27-13-11-24-41(44)47(35-51(55)61-49-29-16-28-48(60-50)56(49)57)59(38-21-8-3-9-22-38)39-31-32-53-45(33-39)42-25-14-15-30-52(42)62-53/h1-35H. The monoisotopic (exact) mass is 810 g/mol. The molecule has 3 heterocycles. The molecule has 1 aromatic heterocycles. The highest BCUT2D eigenvalue weighted by Crippen LogP contribution is 2.48. The van der Waals surface area contributed by atoms with E-state index in [9.17, 15) is 0 Å². The van der Waals surface area contributed by atoms with Gasteiger partial charge in [-0.3, -0.25) is 0 Å². The average molecular weight is 811 g/mol. The van der Waals surface area contributed by atoms with E-state index in [4.69, 9.17) is 9.47 Å². The Kier molecular flexibility index (Phi) is 7.84. The van der Waals surface area contributed by atoms with Crippen molar-refractivity contribution in [2.75, 3.05) is 9.80 Å². The third kappa shape index (κ3) is 5.33. The summed E-state index contributed by atoms with van der Waals surface area (Å²) in [5.74, 6) is 3.31. The molecule has 62 heavy (non-hydrogen) atoms. The number of anilines is 6. The Balaban J connectivity index is 1.07. The summed E-state index contributed by atoms with van der Waals surface area (Å²) in [4.78, 5) is 4.73. The van der Waals surface area contributed by atoms with Gasteiger partial charge in [-0.05, 0) is 94.5 Å². The SMILES string of the molecule is c1ccc(N(c2ccccc2)c2cc3c(c4ccccc24)B2c4c(cccc4Oc4cc(N(c5ccccc5)c5ccc6sc7ccccc7c6c5)c5ccccc5c42)O3)cc1. The van der Waals surface area contributed by atoms with Gasteiger partial charge in [0.2, 0.25) is 0 Å². The summed E-state index contributed by atoms with van der Waals surface area (Å²) in [6.45, 7) is -0.160. The van der Waals surface area contributed by atoms with Crippen molar-refractivity contribution in [1.29, 1.82) is 0 Å². The first-order chi connectivity index (χ1) is 30.8. The van der Waals surface area contributed by atoms with Gasteiger partial charge in [-0.2, -0.15) is 0 Å². The van der Waals surface area contributed by atoms with Crippen LogP contribution in [0.5, 0.6) is 23.0 Å². The fourth-order valence-electron chi connectivity index (χ4n) is 9.94. The molecule has 13 rings (SSSR count). The van der Waals surface area contributed by atoms with Gasteiger partial charge in [0.25, 0.3) is 6.71 Å². The summed E-state index contributed by atoms with van der Waals surface area (Å²) >= 11 is 1.84. The quantitative estimate of drug-likeness (QED) is 0.156. The van der Waals surface area contributed by atoms with Gasteiger partial charge in [-0.15, -0.1) is 11.3 Å². The van der Waals surface area contributed by atoms with Crippen LogP contribution >= 0.6 is 11.3 Å². The molecule has 0 saturated carbocycles. The lowest BCUT2D eigenvalue weighted by Gasteiger charge is -2.37. The predicted molar refractivity (Wildman–Crippen MR) is 261 cm³/mol. The van der Waals surface area contributed by atoms with Crippen molar-refractivity contribution in [2.45, 2.75) is 0 Å². The zero-order valence-corrected chi connectivity index (χ0v) is 34.2. The summed E-state index contributed by atoms with van der Waals surface area (Å²) in [6, 6.07) is 75.9. The van der Waals surface area contributed by atoms with Crippen LogP contribution in [0, 0.1) is 0 Å². The minimum absolute atomic E-state index is 0.160. The lowest BCUT2D eigenvalue weighted by atomic mass is 9.33. The third-order valence-corrected chi connectivity index (χ3v) is 13.7. The van der Waals surface area contributed by atoms with Crippen LogP contribution in [-0.2, 0) is 0 Å². The van der Waals surface area contributed by atoms with E-state index in [1.165, 1.54) is 20.2 Å². The van der Waals surface area contributed by atoms with Gasteiger partial charge in [0, 0.05) is 71.3 Å². The number of rotatable bonds is 6.